The monoisotopic (exact) mass is 289 g/mol. The second kappa shape index (κ2) is 7.24. The first kappa shape index (κ1) is 14.0. The molecule has 0 spiro atoms. The van der Waals surface area contributed by atoms with Crippen LogP contribution in [0.4, 0.5) is 0 Å². The fourth-order valence-corrected chi connectivity index (χ4v) is 2.40. The first-order valence-electron chi connectivity index (χ1n) is 6.24. The number of piperidine rings is 1. The Hall–Kier alpha value is -0.420. The molecule has 1 fully saturated rings. The molecule has 2 rings (SSSR count). The Kier molecular flexibility index (Phi) is 5.63. The van der Waals surface area contributed by atoms with E-state index < -0.39 is 0 Å². The summed E-state index contributed by atoms with van der Waals surface area (Å²) in [5, 5.41) is 4.02. The second-order valence-electron chi connectivity index (χ2n) is 4.44. The predicted molar refractivity (Wildman–Crippen MR) is 72.0 cm³/mol. The molecule has 6 heteroatoms. The van der Waals surface area contributed by atoms with Crippen LogP contribution in [0.5, 0.6) is 0 Å². The summed E-state index contributed by atoms with van der Waals surface area (Å²) in [6.45, 7) is 2.28. The lowest BCUT2D eigenvalue weighted by atomic mass is 10.0. The molecule has 0 unspecified atom stereocenters. The molecule has 1 aliphatic rings. The van der Waals surface area contributed by atoms with E-state index in [9.17, 15) is 0 Å². The van der Waals surface area contributed by atoms with Gasteiger partial charge in [0.2, 0.25) is 5.28 Å². The average Bonchev–Trinajstić information content (AvgIpc) is 2.38. The normalized spacial score (nSPS) is 20.0. The van der Waals surface area contributed by atoms with Gasteiger partial charge in [0.25, 0.3) is 0 Å². The lowest BCUT2D eigenvalue weighted by molar-refractivity contribution is 0.108. The maximum absolute atomic E-state index is 5.93. The standard InChI is InChI=1S/C12H17Cl2N3O/c13-11-9(7-16-12(14)17-11)8-18-6-4-10-3-1-2-5-15-10/h7,10,15H,1-6,8H2/t10-/m1/s1. The van der Waals surface area contributed by atoms with Gasteiger partial charge in [0.15, 0.2) is 0 Å². The van der Waals surface area contributed by atoms with Gasteiger partial charge < -0.3 is 10.1 Å². The summed E-state index contributed by atoms with van der Waals surface area (Å²) < 4.78 is 5.60. The van der Waals surface area contributed by atoms with E-state index >= 15 is 0 Å². The van der Waals surface area contributed by atoms with Gasteiger partial charge in [0.05, 0.1) is 6.61 Å². The van der Waals surface area contributed by atoms with Crippen LogP contribution in [-0.4, -0.2) is 29.2 Å². The Bertz CT molecular complexity index is 384. The zero-order valence-electron chi connectivity index (χ0n) is 10.2. The van der Waals surface area contributed by atoms with Gasteiger partial charge in [-0.15, -0.1) is 0 Å². The third kappa shape index (κ3) is 4.35. The Labute approximate surface area is 117 Å². The summed E-state index contributed by atoms with van der Waals surface area (Å²) >= 11 is 11.6. The van der Waals surface area contributed by atoms with Gasteiger partial charge in [-0.1, -0.05) is 18.0 Å². The van der Waals surface area contributed by atoms with Crippen LogP contribution in [0, 0.1) is 0 Å². The van der Waals surface area contributed by atoms with E-state index in [1.165, 1.54) is 19.3 Å². The van der Waals surface area contributed by atoms with E-state index in [-0.39, 0.29) is 5.28 Å². The number of nitrogens with one attached hydrogen (secondary N) is 1. The minimum absolute atomic E-state index is 0.162. The van der Waals surface area contributed by atoms with Crippen molar-refractivity contribution in [3.05, 3.63) is 22.2 Å². The van der Waals surface area contributed by atoms with Crippen LogP contribution in [0.25, 0.3) is 0 Å². The fraction of sp³-hybridized carbons (Fsp3) is 0.667. The topological polar surface area (TPSA) is 47.0 Å². The lowest BCUT2D eigenvalue weighted by Crippen LogP contribution is -2.34. The van der Waals surface area contributed by atoms with Gasteiger partial charge in [-0.05, 0) is 37.4 Å². The van der Waals surface area contributed by atoms with Crippen molar-refractivity contribution in [3.63, 3.8) is 0 Å². The van der Waals surface area contributed by atoms with Crippen molar-refractivity contribution in [2.45, 2.75) is 38.3 Å². The van der Waals surface area contributed by atoms with Crippen LogP contribution in [0.15, 0.2) is 6.20 Å². The third-order valence-electron chi connectivity index (χ3n) is 3.06. The zero-order valence-corrected chi connectivity index (χ0v) is 11.7. The highest BCUT2D eigenvalue weighted by Gasteiger charge is 2.12. The molecule has 18 heavy (non-hydrogen) atoms. The van der Waals surface area contributed by atoms with Gasteiger partial charge in [-0.3, -0.25) is 0 Å². The SMILES string of the molecule is Clc1ncc(COCC[C@H]2CCCCN2)c(Cl)n1. The minimum atomic E-state index is 0.162. The molecule has 1 saturated heterocycles. The highest BCUT2D eigenvalue weighted by atomic mass is 35.5. The number of halogens is 2. The third-order valence-corrected chi connectivity index (χ3v) is 3.57. The summed E-state index contributed by atoms with van der Waals surface area (Å²) in [4.78, 5) is 7.76. The van der Waals surface area contributed by atoms with E-state index in [2.05, 4.69) is 15.3 Å². The summed E-state index contributed by atoms with van der Waals surface area (Å²) in [5.41, 5.74) is 0.776. The minimum Gasteiger partial charge on any atom is -0.377 e. The fourth-order valence-electron chi connectivity index (χ4n) is 2.04. The second-order valence-corrected chi connectivity index (χ2v) is 5.14. The molecule has 1 aromatic rings. The number of ether oxygens (including phenoxy) is 1. The van der Waals surface area contributed by atoms with Crippen LogP contribution in [-0.2, 0) is 11.3 Å². The first-order valence-corrected chi connectivity index (χ1v) is 6.99. The van der Waals surface area contributed by atoms with Crippen LogP contribution in [0.1, 0.15) is 31.2 Å². The van der Waals surface area contributed by atoms with E-state index in [1.807, 2.05) is 0 Å². The molecule has 0 amide bonds. The maximum atomic E-state index is 5.93. The number of rotatable bonds is 5. The number of hydrogen-bond acceptors (Lipinski definition) is 4. The number of hydrogen-bond donors (Lipinski definition) is 1. The van der Waals surface area contributed by atoms with Crippen LogP contribution in [0.3, 0.4) is 0 Å². The highest BCUT2D eigenvalue weighted by molar-refractivity contribution is 6.32. The quantitative estimate of drug-likeness (QED) is 0.514. The Morgan fingerprint density at radius 1 is 1.39 bits per heavy atom. The molecule has 1 atom stereocenters. The Morgan fingerprint density at radius 2 is 2.28 bits per heavy atom. The maximum Gasteiger partial charge on any atom is 0.223 e. The lowest BCUT2D eigenvalue weighted by Gasteiger charge is -2.23. The van der Waals surface area contributed by atoms with Crippen molar-refractivity contribution >= 4 is 23.2 Å². The van der Waals surface area contributed by atoms with Gasteiger partial charge in [-0.2, -0.15) is 0 Å². The van der Waals surface area contributed by atoms with Crippen molar-refractivity contribution in [1.82, 2.24) is 15.3 Å². The van der Waals surface area contributed by atoms with E-state index in [0.717, 1.165) is 25.1 Å². The van der Waals surface area contributed by atoms with Crippen molar-refractivity contribution in [2.75, 3.05) is 13.2 Å². The van der Waals surface area contributed by atoms with Gasteiger partial charge in [-0.25, -0.2) is 9.97 Å². The first-order chi connectivity index (χ1) is 8.75. The van der Waals surface area contributed by atoms with Crippen molar-refractivity contribution < 1.29 is 4.74 Å². The van der Waals surface area contributed by atoms with Crippen molar-refractivity contribution in [3.8, 4) is 0 Å². The van der Waals surface area contributed by atoms with Crippen LogP contribution < -0.4 is 5.32 Å². The molecular formula is C12H17Cl2N3O. The van der Waals surface area contributed by atoms with Crippen LogP contribution >= 0.6 is 23.2 Å². The molecule has 1 aromatic heterocycles. The van der Waals surface area contributed by atoms with E-state index in [1.54, 1.807) is 6.20 Å². The van der Waals surface area contributed by atoms with Crippen molar-refractivity contribution in [1.29, 1.82) is 0 Å². The molecule has 0 bridgehead atoms. The highest BCUT2D eigenvalue weighted by Crippen LogP contribution is 2.15. The molecular weight excluding hydrogens is 273 g/mol. The smallest absolute Gasteiger partial charge is 0.223 e. The Morgan fingerprint density at radius 3 is 3.00 bits per heavy atom. The van der Waals surface area contributed by atoms with Crippen molar-refractivity contribution in [2.24, 2.45) is 0 Å². The molecule has 1 N–H and O–H groups in total. The molecule has 0 aliphatic carbocycles. The molecule has 4 nitrogen and oxygen atoms in total. The summed E-state index contributed by atoms with van der Waals surface area (Å²) in [5.74, 6) is 0. The van der Waals surface area contributed by atoms with E-state index in [4.69, 9.17) is 27.9 Å². The van der Waals surface area contributed by atoms with Gasteiger partial charge >= 0.3 is 0 Å². The number of aromatic nitrogens is 2. The molecule has 0 saturated carbocycles. The summed E-state index contributed by atoms with van der Waals surface area (Å²) in [6, 6.07) is 0.593. The predicted octanol–water partition coefficient (Wildman–Crippen LogP) is 2.83. The molecule has 0 radical (unpaired) electrons. The Balaban J connectivity index is 1.68. The molecule has 0 aromatic carbocycles. The average molecular weight is 290 g/mol. The number of nitrogens with zero attached hydrogens (tertiary/aromatic N) is 2. The van der Waals surface area contributed by atoms with Gasteiger partial charge in [0.1, 0.15) is 5.15 Å². The van der Waals surface area contributed by atoms with E-state index in [0.29, 0.717) is 17.8 Å². The molecule has 100 valence electrons. The van der Waals surface area contributed by atoms with Gasteiger partial charge in [0, 0.05) is 24.4 Å². The summed E-state index contributed by atoms with van der Waals surface area (Å²) in [7, 11) is 0. The zero-order chi connectivity index (χ0) is 12.8. The largest absolute Gasteiger partial charge is 0.377 e. The van der Waals surface area contributed by atoms with Crippen LogP contribution in [0.2, 0.25) is 10.4 Å². The molecule has 2 heterocycles. The summed E-state index contributed by atoms with van der Waals surface area (Å²) in [6.07, 6.45) is 6.49. The molecule has 1 aliphatic heterocycles.